The Morgan fingerprint density at radius 1 is 1.35 bits per heavy atom. The van der Waals surface area contributed by atoms with Crippen LogP contribution in [0.5, 0.6) is 0 Å². The van der Waals surface area contributed by atoms with E-state index in [1.54, 1.807) is 0 Å². The molecule has 17 heavy (non-hydrogen) atoms. The van der Waals surface area contributed by atoms with Gasteiger partial charge in [0.2, 0.25) is 0 Å². The van der Waals surface area contributed by atoms with E-state index in [1.165, 1.54) is 0 Å². The molecule has 0 bridgehead atoms. The van der Waals surface area contributed by atoms with Crippen LogP contribution in [0.3, 0.4) is 0 Å². The normalized spacial score (nSPS) is 19.9. The number of ether oxygens (including phenoxy) is 1. The second-order valence-corrected chi connectivity index (χ2v) is 4.32. The van der Waals surface area contributed by atoms with Crippen molar-refractivity contribution >= 4 is 0 Å². The van der Waals surface area contributed by atoms with Gasteiger partial charge in [-0.15, -0.1) is 0 Å². The van der Waals surface area contributed by atoms with E-state index < -0.39 is 0 Å². The Balaban J connectivity index is 2.11. The predicted molar refractivity (Wildman–Crippen MR) is 65.6 cm³/mol. The lowest BCUT2D eigenvalue weighted by atomic mass is 10.1. The zero-order valence-electron chi connectivity index (χ0n) is 10.3. The second-order valence-electron chi connectivity index (χ2n) is 4.32. The van der Waals surface area contributed by atoms with Gasteiger partial charge in [0.25, 0.3) is 0 Å². The first-order chi connectivity index (χ1) is 8.31. The van der Waals surface area contributed by atoms with Gasteiger partial charge in [0.1, 0.15) is 5.82 Å². The summed E-state index contributed by atoms with van der Waals surface area (Å²) in [6.07, 6.45) is 4.82. The first-order valence-corrected chi connectivity index (χ1v) is 6.11. The van der Waals surface area contributed by atoms with E-state index in [1.807, 2.05) is 19.3 Å². The third kappa shape index (κ3) is 3.21. The molecule has 0 amide bonds. The van der Waals surface area contributed by atoms with Crippen molar-refractivity contribution in [3.63, 3.8) is 0 Å². The van der Waals surface area contributed by atoms with Gasteiger partial charge in [0.05, 0.1) is 12.6 Å². The van der Waals surface area contributed by atoms with Crippen LogP contribution in [0, 0.1) is 6.92 Å². The highest BCUT2D eigenvalue weighted by molar-refractivity contribution is 5.11. The van der Waals surface area contributed by atoms with Gasteiger partial charge in [0, 0.05) is 44.2 Å². The Hall–Kier alpha value is -1.04. The zero-order valence-corrected chi connectivity index (χ0v) is 10.3. The Morgan fingerprint density at radius 2 is 2.12 bits per heavy atom. The van der Waals surface area contributed by atoms with Gasteiger partial charge in [-0.05, 0) is 13.3 Å². The van der Waals surface area contributed by atoms with Gasteiger partial charge in [-0.1, -0.05) is 0 Å². The highest BCUT2D eigenvalue weighted by Gasteiger charge is 2.20. The van der Waals surface area contributed by atoms with E-state index in [9.17, 15) is 0 Å². The molecule has 5 heteroatoms. The fourth-order valence-electron chi connectivity index (χ4n) is 2.15. The Labute approximate surface area is 102 Å². The summed E-state index contributed by atoms with van der Waals surface area (Å²) in [5.74, 6) is 0.795. The van der Waals surface area contributed by atoms with E-state index in [4.69, 9.17) is 10.5 Å². The molecule has 94 valence electrons. The van der Waals surface area contributed by atoms with Gasteiger partial charge >= 0.3 is 0 Å². The van der Waals surface area contributed by atoms with Crippen molar-refractivity contribution in [3.8, 4) is 0 Å². The van der Waals surface area contributed by atoms with Crippen LogP contribution in [0.15, 0.2) is 12.4 Å². The quantitative estimate of drug-likeness (QED) is 0.828. The third-order valence-corrected chi connectivity index (χ3v) is 3.11. The maximum Gasteiger partial charge on any atom is 0.125 e. The molecule has 2 rings (SSSR count). The van der Waals surface area contributed by atoms with Crippen molar-refractivity contribution in [1.29, 1.82) is 0 Å². The molecule has 0 aromatic carbocycles. The molecule has 1 aliphatic heterocycles. The molecule has 2 heterocycles. The van der Waals surface area contributed by atoms with Crippen molar-refractivity contribution in [2.45, 2.75) is 19.4 Å². The molecule has 1 atom stereocenters. The lowest BCUT2D eigenvalue weighted by molar-refractivity contribution is 0.132. The number of rotatable bonds is 3. The van der Waals surface area contributed by atoms with Gasteiger partial charge in [-0.2, -0.15) is 0 Å². The zero-order chi connectivity index (χ0) is 12.1. The molecular weight excluding hydrogens is 216 g/mol. The molecular formula is C12H20N4O. The fraction of sp³-hybridized carbons (Fsp3) is 0.667. The van der Waals surface area contributed by atoms with Gasteiger partial charge < -0.3 is 10.5 Å². The molecule has 0 saturated carbocycles. The summed E-state index contributed by atoms with van der Waals surface area (Å²) in [6, 6.07) is 0.206. The van der Waals surface area contributed by atoms with Crippen molar-refractivity contribution in [3.05, 3.63) is 23.8 Å². The van der Waals surface area contributed by atoms with Crippen LogP contribution in [-0.4, -0.2) is 47.7 Å². The predicted octanol–water partition coefficient (Wildman–Crippen LogP) is 0.507. The van der Waals surface area contributed by atoms with Crippen LogP contribution in [0.25, 0.3) is 0 Å². The van der Waals surface area contributed by atoms with Crippen LogP contribution < -0.4 is 5.73 Å². The van der Waals surface area contributed by atoms with Crippen LogP contribution >= 0.6 is 0 Å². The number of hydrogen-bond donors (Lipinski definition) is 1. The molecule has 1 unspecified atom stereocenters. The lowest BCUT2D eigenvalue weighted by Gasteiger charge is -2.28. The van der Waals surface area contributed by atoms with Gasteiger partial charge in [-0.3, -0.25) is 4.90 Å². The molecule has 1 fully saturated rings. The topological polar surface area (TPSA) is 64.3 Å². The second kappa shape index (κ2) is 6.05. The minimum Gasteiger partial charge on any atom is -0.380 e. The van der Waals surface area contributed by atoms with Crippen LogP contribution in [-0.2, 0) is 4.74 Å². The summed E-state index contributed by atoms with van der Waals surface area (Å²) in [5.41, 5.74) is 6.98. The third-order valence-electron chi connectivity index (χ3n) is 3.11. The Bertz CT molecular complexity index is 333. The molecule has 0 radical (unpaired) electrons. The molecule has 0 aliphatic carbocycles. The summed E-state index contributed by atoms with van der Waals surface area (Å²) < 4.78 is 5.46. The molecule has 5 nitrogen and oxygen atoms in total. The standard InChI is InChI=1S/C12H20N4O/c1-10-14-8-11(9-15-10)12(7-13)16-3-2-5-17-6-4-16/h8-9,12H,2-7,13H2,1H3. The Morgan fingerprint density at radius 3 is 2.82 bits per heavy atom. The summed E-state index contributed by atoms with van der Waals surface area (Å²) in [5, 5.41) is 0. The molecule has 1 aromatic rings. The minimum atomic E-state index is 0.206. The molecule has 1 aliphatic rings. The van der Waals surface area contributed by atoms with Crippen molar-refractivity contribution in [1.82, 2.24) is 14.9 Å². The summed E-state index contributed by atoms with van der Waals surface area (Å²) in [4.78, 5) is 10.8. The average molecular weight is 236 g/mol. The molecule has 1 saturated heterocycles. The van der Waals surface area contributed by atoms with Crippen LogP contribution in [0.2, 0.25) is 0 Å². The number of nitrogens with zero attached hydrogens (tertiary/aromatic N) is 3. The largest absolute Gasteiger partial charge is 0.380 e. The van der Waals surface area contributed by atoms with Crippen molar-refractivity contribution in [2.24, 2.45) is 5.73 Å². The van der Waals surface area contributed by atoms with E-state index in [0.29, 0.717) is 6.54 Å². The van der Waals surface area contributed by atoms with Crippen molar-refractivity contribution < 1.29 is 4.74 Å². The monoisotopic (exact) mass is 236 g/mol. The highest BCUT2D eigenvalue weighted by Crippen LogP contribution is 2.19. The smallest absolute Gasteiger partial charge is 0.125 e. The fourth-order valence-corrected chi connectivity index (χ4v) is 2.15. The Kier molecular flexibility index (Phi) is 4.42. The van der Waals surface area contributed by atoms with E-state index >= 15 is 0 Å². The van der Waals surface area contributed by atoms with Gasteiger partial charge in [0.15, 0.2) is 0 Å². The summed E-state index contributed by atoms with van der Waals surface area (Å²) in [7, 11) is 0. The lowest BCUT2D eigenvalue weighted by Crippen LogP contribution is -2.35. The van der Waals surface area contributed by atoms with E-state index in [0.717, 1.165) is 44.1 Å². The molecule has 2 N–H and O–H groups in total. The van der Waals surface area contributed by atoms with Crippen LogP contribution in [0.1, 0.15) is 23.9 Å². The van der Waals surface area contributed by atoms with E-state index in [2.05, 4.69) is 14.9 Å². The number of nitrogens with two attached hydrogens (primary N) is 1. The summed E-state index contributed by atoms with van der Waals surface area (Å²) >= 11 is 0. The van der Waals surface area contributed by atoms with Crippen LogP contribution in [0.4, 0.5) is 0 Å². The number of aromatic nitrogens is 2. The molecule has 0 spiro atoms. The molecule has 1 aromatic heterocycles. The highest BCUT2D eigenvalue weighted by atomic mass is 16.5. The maximum absolute atomic E-state index is 5.89. The van der Waals surface area contributed by atoms with E-state index in [-0.39, 0.29) is 6.04 Å². The SMILES string of the molecule is Cc1ncc(C(CN)N2CCCOCC2)cn1. The average Bonchev–Trinajstić information content (AvgIpc) is 2.62. The summed E-state index contributed by atoms with van der Waals surface area (Å²) in [6.45, 7) is 6.06. The minimum absolute atomic E-state index is 0.206. The number of aryl methyl sites for hydroxylation is 1. The first kappa shape index (κ1) is 12.4. The maximum atomic E-state index is 5.89. The number of hydrogen-bond acceptors (Lipinski definition) is 5. The first-order valence-electron chi connectivity index (χ1n) is 6.11. The van der Waals surface area contributed by atoms with Crippen molar-refractivity contribution in [2.75, 3.05) is 32.8 Å². The van der Waals surface area contributed by atoms with Gasteiger partial charge in [-0.25, -0.2) is 9.97 Å².